The van der Waals surface area contributed by atoms with Gasteiger partial charge in [-0.25, -0.2) is 8.42 Å². The zero-order valence-electron chi connectivity index (χ0n) is 19.7. The molecule has 0 radical (unpaired) electrons. The minimum Gasteiger partial charge on any atom is -0.487 e. The maximum atomic E-state index is 13.5. The maximum Gasteiger partial charge on any atom is 0.224 e. The van der Waals surface area contributed by atoms with Crippen LogP contribution in [0.25, 0.3) is 0 Å². The normalized spacial score (nSPS) is 18.2. The fourth-order valence-electron chi connectivity index (χ4n) is 4.58. The van der Waals surface area contributed by atoms with Gasteiger partial charge >= 0.3 is 0 Å². The number of hydrogen-bond donors (Lipinski definition) is 2. The molecule has 0 aromatic heterocycles. The van der Waals surface area contributed by atoms with Gasteiger partial charge in [-0.3, -0.25) is 14.7 Å². The SMILES string of the molecule is Cc1c(C)c(S(=O)(=O)CN2CCN(C(=O)CCN=C(N)N)CC2)c(C)c2c1OC(C)(C)C2. The summed E-state index contributed by atoms with van der Waals surface area (Å²) in [5.74, 6) is 0.709. The van der Waals surface area contributed by atoms with Crippen molar-refractivity contribution in [1.82, 2.24) is 9.80 Å². The molecule has 1 aromatic rings. The lowest BCUT2D eigenvalue weighted by Crippen LogP contribution is -2.50. The van der Waals surface area contributed by atoms with Crippen LogP contribution >= 0.6 is 0 Å². The van der Waals surface area contributed by atoms with Gasteiger partial charge in [-0.05, 0) is 51.3 Å². The second-order valence-electron chi connectivity index (χ2n) is 9.35. The van der Waals surface area contributed by atoms with Gasteiger partial charge in [0.1, 0.15) is 17.2 Å². The number of carbonyl (C=O) groups excluding carboxylic acids is 1. The molecule has 0 unspecified atom stereocenters. The molecule has 0 bridgehead atoms. The Kier molecular flexibility index (Phi) is 6.76. The number of fused-ring (bicyclic) bond motifs is 1. The van der Waals surface area contributed by atoms with Gasteiger partial charge in [0.15, 0.2) is 15.8 Å². The lowest BCUT2D eigenvalue weighted by Gasteiger charge is -2.34. The number of carbonyl (C=O) groups is 1. The van der Waals surface area contributed by atoms with E-state index in [0.29, 0.717) is 37.5 Å². The Bertz CT molecular complexity index is 1040. The Hall–Kier alpha value is -2.33. The number of nitrogens with zero attached hydrogens (tertiary/aromatic N) is 3. The molecule has 2 heterocycles. The third-order valence-corrected chi connectivity index (χ3v) is 8.24. The summed E-state index contributed by atoms with van der Waals surface area (Å²) in [5.41, 5.74) is 13.7. The molecule has 1 aromatic carbocycles. The number of ether oxygens (including phenoxy) is 1. The smallest absolute Gasteiger partial charge is 0.224 e. The highest BCUT2D eigenvalue weighted by Crippen LogP contribution is 2.44. The quantitative estimate of drug-likeness (QED) is 0.470. The second-order valence-corrected chi connectivity index (χ2v) is 11.2. The molecule has 0 spiro atoms. The van der Waals surface area contributed by atoms with E-state index < -0.39 is 9.84 Å². The first kappa shape index (κ1) is 24.3. The van der Waals surface area contributed by atoms with Crippen LogP contribution in [0.4, 0.5) is 0 Å². The summed E-state index contributed by atoms with van der Waals surface area (Å²) in [6.45, 7) is 12.0. The topological polar surface area (TPSA) is 131 Å². The van der Waals surface area contributed by atoms with Crippen LogP contribution in [0.5, 0.6) is 5.75 Å². The average Bonchev–Trinajstić information content (AvgIpc) is 3.02. The lowest BCUT2D eigenvalue weighted by molar-refractivity contribution is -0.132. The predicted octanol–water partition coefficient (Wildman–Crippen LogP) is 0.864. The molecule has 9 nitrogen and oxygen atoms in total. The monoisotopic (exact) mass is 465 g/mol. The summed E-state index contributed by atoms with van der Waals surface area (Å²) in [4.78, 5) is 20.2. The van der Waals surface area contributed by atoms with E-state index in [1.54, 1.807) is 4.90 Å². The highest BCUT2D eigenvalue weighted by atomic mass is 32.2. The summed E-state index contributed by atoms with van der Waals surface area (Å²) in [6, 6.07) is 0. The summed E-state index contributed by atoms with van der Waals surface area (Å²) in [5, 5.41) is 0. The lowest BCUT2D eigenvalue weighted by atomic mass is 9.94. The minimum absolute atomic E-state index is 0.0268. The number of benzene rings is 1. The van der Waals surface area contributed by atoms with E-state index in [4.69, 9.17) is 16.2 Å². The van der Waals surface area contributed by atoms with E-state index in [1.807, 2.05) is 39.5 Å². The van der Waals surface area contributed by atoms with Gasteiger partial charge in [0, 0.05) is 44.6 Å². The molecule has 1 fully saturated rings. The van der Waals surface area contributed by atoms with Crippen LogP contribution in [-0.4, -0.2) is 74.3 Å². The van der Waals surface area contributed by atoms with Crippen molar-refractivity contribution in [1.29, 1.82) is 0 Å². The van der Waals surface area contributed by atoms with E-state index in [-0.39, 0.29) is 36.3 Å². The first-order chi connectivity index (χ1) is 14.8. The van der Waals surface area contributed by atoms with Gasteiger partial charge in [-0.2, -0.15) is 0 Å². The van der Waals surface area contributed by atoms with Gasteiger partial charge in [0.05, 0.1) is 11.4 Å². The molecular weight excluding hydrogens is 430 g/mol. The van der Waals surface area contributed by atoms with Gasteiger partial charge in [0.25, 0.3) is 0 Å². The summed E-state index contributed by atoms with van der Waals surface area (Å²) in [7, 11) is -3.54. The van der Waals surface area contributed by atoms with Crippen LogP contribution in [0.3, 0.4) is 0 Å². The minimum atomic E-state index is -3.54. The number of rotatable bonds is 6. The third kappa shape index (κ3) is 5.01. The van der Waals surface area contributed by atoms with Crippen molar-refractivity contribution in [3.8, 4) is 5.75 Å². The van der Waals surface area contributed by atoms with Crippen LogP contribution in [0.15, 0.2) is 9.89 Å². The van der Waals surface area contributed by atoms with E-state index in [1.165, 1.54) is 0 Å². The predicted molar refractivity (Wildman–Crippen MR) is 125 cm³/mol. The Morgan fingerprint density at radius 1 is 1.06 bits per heavy atom. The average molecular weight is 466 g/mol. The highest BCUT2D eigenvalue weighted by Gasteiger charge is 2.37. The zero-order valence-corrected chi connectivity index (χ0v) is 20.5. The van der Waals surface area contributed by atoms with Crippen LogP contribution in [0.1, 0.15) is 42.5 Å². The molecular formula is C22H35N5O4S. The van der Waals surface area contributed by atoms with Crippen molar-refractivity contribution in [3.63, 3.8) is 0 Å². The highest BCUT2D eigenvalue weighted by molar-refractivity contribution is 7.91. The first-order valence-corrected chi connectivity index (χ1v) is 12.6. The molecule has 10 heteroatoms. The largest absolute Gasteiger partial charge is 0.487 e. The summed E-state index contributed by atoms with van der Waals surface area (Å²) >= 11 is 0. The van der Waals surface area contributed by atoms with Crippen molar-refractivity contribution in [3.05, 3.63) is 22.3 Å². The van der Waals surface area contributed by atoms with Gasteiger partial charge in [-0.15, -0.1) is 0 Å². The molecule has 4 N–H and O–H groups in total. The molecule has 0 aliphatic carbocycles. The zero-order chi connectivity index (χ0) is 23.8. The maximum absolute atomic E-state index is 13.5. The number of piperazine rings is 1. The number of guanidine groups is 1. The summed E-state index contributed by atoms with van der Waals surface area (Å²) < 4.78 is 33.1. The molecule has 32 heavy (non-hydrogen) atoms. The molecule has 0 saturated carbocycles. The van der Waals surface area contributed by atoms with Crippen LogP contribution in [0.2, 0.25) is 0 Å². The van der Waals surface area contributed by atoms with Crippen LogP contribution in [0, 0.1) is 20.8 Å². The Labute approximate surface area is 190 Å². The standard InChI is InChI=1S/C22H35N5O4S/c1-14-15(2)20(16(3)17-12-22(4,5)31-19(14)17)32(29,30)13-26-8-10-27(11-9-26)18(28)6-7-25-21(23)24/h6-13H2,1-5H3,(H4,23,24,25). The number of aliphatic imine (C=N–C) groups is 1. The fraction of sp³-hybridized carbons (Fsp3) is 0.636. The number of nitrogens with two attached hydrogens (primary N) is 2. The molecule has 178 valence electrons. The second kappa shape index (κ2) is 8.90. The molecule has 2 aliphatic heterocycles. The van der Waals surface area contributed by atoms with Crippen LogP contribution < -0.4 is 16.2 Å². The van der Waals surface area contributed by atoms with E-state index in [2.05, 4.69) is 4.99 Å². The molecule has 0 atom stereocenters. The molecule has 2 aliphatic rings. The Balaban J connectivity index is 1.70. The summed E-state index contributed by atoms with van der Waals surface area (Å²) in [6.07, 6.45) is 0.930. The van der Waals surface area contributed by atoms with E-state index in [0.717, 1.165) is 28.0 Å². The first-order valence-electron chi connectivity index (χ1n) is 10.9. The van der Waals surface area contributed by atoms with Crippen LogP contribution in [-0.2, 0) is 21.1 Å². The van der Waals surface area contributed by atoms with Gasteiger partial charge in [0.2, 0.25) is 5.91 Å². The Morgan fingerprint density at radius 3 is 2.28 bits per heavy atom. The van der Waals surface area contributed by atoms with E-state index >= 15 is 0 Å². The van der Waals surface area contributed by atoms with Gasteiger partial charge < -0.3 is 21.1 Å². The molecule has 3 rings (SSSR count). The van der Waals surface area contributed by atoms with Crippen molar-refractivity contribution in [2.45, 2.75) is 58.0 Å². The van der Waals surface area contributed by atoms with Crippen molar-refractivity contribution < 1.29 is 17.9 Å². The van der Waals surface area contributed by atoms with Crippen molar-refractivity contribution >= 4 is 21.7 Å². The Morgan fingerprint density at radius 2 is 1.69 bits per heavy atom. The number of sulfone groups is 1. The number of hydrogen-bond acceptors (Lipinski definition) is 6. The molecule has 1 saturated heterocycles. The van der Waals surface area contributed by atoms with Crippen molar-refractivity contribution in [2.24, 2.45) is 16.5 Å². The van der Waals surface area contributed by atoms with Gasteiger partial charge in [-0.1, -0.05) is 0 Å². The third-order valence-electron chi connectivity index (χ3n) is 6.30. The molecule has 1 amide bonds. The number of amides is 1. The van der Waals surface area contributed by atoms with E-state index in [9.17, 15) is 13.2 Å². The van der Waals surface area contributed by atoms with Crippen molar-refractivity contribution in [2.75, 3.05) is 38.6 Å². The fourth-order valence-corrected chi connectivity index (χ4v) is 6.66.